The third kappa shape index (κ3) is 5.80. The summed E-state index contributed by atoms with van der Waals surface area (Å²) >= 11 is 0. The molecule has 0 aliphatic heterocycles. The Morgan fingerprint density at radius 2 is 1.69 bits per heavy atom. The van der Waals surface area contributed by atoms with E-state index < -0.39 is 6.10 Å². The number of amides is 1. The first-order chi connectivity index (χ1) is 12.4. The number of hydrogen-bond donors (Lipinski definition) is 1. The third-order valence-corrected chi connectivity index (χ3v) is 4.14. The molecule has 2 rings (SSSR count). The summed E-state index contributed by atoms with van der Waals surface area (Å²) < 4.78 is 11.7. The molecule has 1 amide bonds. The first kappa shape index (κ1) is 19.8. The van der Waals surface area contributed by atoms with E-state index in [1.165, 1.54) is 0 Å². The lowest BCUT2D eigenvalue weighted by molar-refractivity contribution is -0.128. The van der Waals surface area contributed by atoms with Crippen molar-refractivity contribution >= 4 is 5.91 Å². The minimum absolute atomic E-state index is 0.113. The maximum absolute atomic E-state index is 12.4. The number of hydrogen-bond acceptors (Lipinski definition) is 3. The van der Waals surface area contributed by atoms with Crippen LogP contribution in [0.2, 0.25) is 0 Å². The van der Waals surface area contributed by atoms with E-state index in [1.807, 2.05) is 65.0 Å². The second-order valence-electron chi connectivity index (χ2n) is 6.75. The van der Waals surface area contributed by atoms with Crippen LogP contribution in [-0.2, 0) is 4.79 Å². The largest absolute Gasteiger partial charge is 0.492 e. The van der Waals surface area contributed by atoms with Gasteiger partial charge in [0.25, 0.3) is 5.91 Å². The Hall–Kier alpha value is -2.49. The molecule has 2 aromatic carbocycles. The predicted octanol–water partition coefficient (Wildman–Crippen LogP) is 4.27. The number of aryl methyl sites for hydroxylation is 4. The van der Waals surface area contributed by atoms with Crippen molar-refractivity contribution in [3.05, 3.63) is 58.7 Å². The molecule has 0 radical (unpaired) electrons. The molecule has 4 nitrogen and oxygen atoms in total. The van der Waals surface area contributed by atoms with Gasteiger partial charge in [-0.05, 0) is 74.6 Å². The normalized spacial score (nSPS) is 11.7. The van der Waals surface area contributed by atoms with E-state index in [0.717, 1.165) is 33.8 Å². The van der Waals surface area contributed by atoms with Crippen molar-refractivity contribution in [1.82, 2.24) is 5.32 Å². The summed E-state index contributed by atoms with van der Waals surface area (Å²) in [5.41, 5.74) is 4.47. The van der Waals surface area contributed by atoms with Gasteiger partial charge in [0.2, 0.25) is 0 Å². The quantitative estimate of drug-likeness (QED) is 0.719. The van der Waals surface area contributed by atoms with Crippen molar-refractivity contribution in [2.75, 3.05) is 13.2 Å². The number of nitrogens with one attached hydrogen (secondary N) is 1. The molecule has 0 heterocycles. The fraction of sp³-hybridized carbons (Fsp3) is 0.409. The van der Waals surface area contributed by atoms with E-state index in [0.29, 0.717) is 19.6 Å². The topological polar surface area (TPSA) is 47.6 Å². The lowest BCUT2D eigenvalue weighted by Gasteiger charge is -2.19. The van der Waals surface area contributed by atoms with E-state index in [4.69, 9.17) is 9.47 Å². The van der Waals surface area contributed by atoms with Crippen LogP contribution < -0.4 is 14.8 Å². The molecule has 0 aromatic heterocycles. The number of benzene rings is 2. The highest BCUT2D eigenvalue weighted by atomic mass is 16.5. The lowest BCUT2D eigenvalue weighted by atomic mass is 10.1. The Bertz CT molecular complexity index is 735. The number of ether oxygens (including phenoxy) is 2. The maximum atomic E-state index is 12.4. The molecular formula is C22H29NO3. The SMILES string of the molecule is CCC(Oc1cc(C)ccc1C)C(=O)NCCOc1cc(C)cc(C)c1. The molecule has 140 valence electrons. The molecule has 0 aliphatic carbocycles. The molecule has 0 saturated heterocycles. The van der Waals surface area contributed by atoms with Crippen molar-refractivity contribution < 1.29 is 14.3 Å². The van der Waals surface area contributed by atoms with Gasteiger partial charge in [0.05, 0.1) is 6.54 Å². The fourth-order valence-corrected chi connectivity index (χ4v) is 2.78. The van der Waals surface area contributed by atoms with Gasteiger partial charge < -0.3 is 14.8 Å². The second-order valence-corrected chi connectivity index (χ2v) is 6.75. The van der Waals surface area contributed by atoms with E-state index in [9.17, 15) is 4.79 Å². The highest BCUT2D eigenvalue weighted by molar-refractivity contribution is 5.81. The molecule has 26 heavy (non-hydrogen) atoms. The average Bonchev–Trinajstić information content (AvgIpc) is 2.58. The van der Waals surface area contributed by atoms with Gasteiger partial charge in [-0.1, -0.05) is 25.1 Å². The number of carbonyl (C=O) groups excluding carboxylic acids is 1. The molecule has 0 bridgehead atoms. The Kier molecular flexibility index (Phi) is 7.07. The van der Waals surface area contributed by atoms with Crippen LogP contribution in [0.3, 0.4) is 0 Å². The Labute approximate surface area is 156 Å². The van der Waals surface area contributed by atoms with Crippen LogP contribution in [0.5, 0.6) is 11.5 Å². The van der Waals surface area contributed by atoms with Gasteiger partial charge in [0.1, 0.15) is 18.1 Å². The van der Waals surface area contributed by atoms with Crippen molar-refractivity contribution in [2.24, 2.45) is 0 Å². The zero-order chi connectivity index (χ0) is 19.1. The van der Waals surface area contributed by atoms with E-state index in [1.54, 1.807) is 0 Å². The zero-order valence-corrected chi connectivity index (χ0v) is 16.4. The van der Waals surface area contributed by atoms with Crippen molar-refractivity contribution in [3.8, 4) is 11.5 Å². The Morgan fingerprint density at radius 1 is 1.00 bits per heavy atom. The Morgan fingerprint density at radius 3 is 2.35 bits per heavy atom. The van der Waals surface area contributed by atoms with Crippen LogP contribution in [0.25, 0.3) is 0 Å². The van der Waals surface area contributed by atoms with Crippen LogP contribution >= 0.6 is 0 Å². The summed E-state index contributed by atoms with van der Waals surface area (Å²) in [7, 11) is 0. The van der Waals surface area contributed by atoms with E-state index in [-0.39, 0.29) is 5.91 Å². The molecule has 0 saturated carbocycles. The van der Waals surface area contributed by atoms with E-state index in [2.05, 4.69) is 11.4 Å². The summed E-state index contributed by atoms with van der Waals surface area (Å²) in [4.78, 5) is 12.4. The molecule has 4 heteroatoms. The van der Waals surface area contributed by atoms with Crippen LogP contribution in [0.1, 0.15) is 35.6 Å². The molecule has 1 unspecified atom stereocenters. The molecule has 0 spiro atoms. The fourth-order valence-electron chi connectivity index (χ4n) is 2.78. The van der Waals surface area contributed by atoms with Crippen molar-refractivity contribution in [3.63, 3.8) is 0 Å². The summed E-state index contributed by atoms with van der Waals surface area (Å²) in [5, 5.41) is 2.90. The second kappa shape index (κ2) is 9.27. The van der Waals surface area contributed by atoms with Crippen molar-refractivity contribution in [2.45, 2.75) is 47.1 Å². The maximum Gasteiger partial charge on any atom is 0.261 e. The van der Waals surface area contributed by atoms with Crippen LogP contribution in [-0.4, -0.2) is 25.2 Å². The average molecular weight is 355 g/mol. The summed E-state index contributed by atoms with van der Waals surface area (Å²) in [6.07, 6.45) is 0.105. The summed E-state index contributed by atoms with van der Waals surface area (Å²) in [6, 6.07) is 12.1. The van der Waals surface area contributed by atoms with Gasteiger partial charge in [-0.15, -0.1) is 0 Å². The standard InChI is InChI=1S/C22H29NO3/c1-6-20(26-21-14-15(2)7-8-18(21)5)22(24)23-9-10-25-19-12-16(3)11-17(4)13-19/h7-8,11-14,20H,6,9-10H2,1-5H3,(H,23,24). The monoisotopic (exact) mass is 355 g/mol. The highest BCUT2D eigenvalue weighted by Crippen LogP contribution is 2.21. The van der Waals surface area contributed by atoms with Gasteiger partial charge in [-0.3, -0.25) is 4.79 Å². The first-order valence-corrected chi connectivity index (χ1v) is 9.11. The molecule has 2 aromatic rings. The van der Waals surface area contributed by atoms with Gasteiger partial charge in [-0.2, -0.15) is 0 Å². The van der Waals surface area contributed by atoms with Crippen LogP contribution in [0, 0.1) is 27.7 Å². The molecular weight excluding hydrogens is 326 g/mol. The molecule has 0 fully saturated rings. The van der Waals surface area contributed by atoms with E-state index >= 15 is 0 Å². The van der Waals surface area contributed by atoms with Crippen LogP contribution in [0.4, 0.5) is 0 Å². The molecule has 1 atom stereocenters. The predicted molar refractivity (Wildman–Crippen MR) is 105 cm³/mol. The van der Waals surface area contributed by atoms with Gasteiger partial charge >= 0.3 is 0 Å². The Balaban J connectivity index is 1.84. The van der Waals surface area contributed by atoms with Gasteiger partial charge in [0, 0.05) is 0 Å². The number of rotatable bonds is 8. The molecule has 1 N–H and O–H groups in total. The summed E-state index contributed by atoms with van der Waals surface area (Å²) in [6.45, 7) is 10.9. The third-order valence-electron chi connectivity index (χ3n) is 4.14. The van der Waals surface area contributed by atoms with Gasteiger partial charge in [0.15, 0.2) is 6.10 Å². The summed E-state index contributed by atoms with van der Waals surface area (Å²) in [5.74, 6) is 1.48. The molecule has 0 aliphatic rings. The zero-order valence-electron chi connectivity index (χ0n) is 16.4. The first-order valence-electron chi connectivity index (χ1n) is 9.11. The number of carbonyl (C=O) groups is 1. The minimum Gasteiger partial charge on any atom is -0.492 e. The van der Waals surface area contributed by atoms with Crippen LogP contribution in [0.15, 0.2) is 36.4 Å². The minimum atomic E-state index is -0.503. The lowest BCUT2D eigenvalue weighted by Crippen LogP contribution is -2.39. The smallest absolute Gasteiger partial charge is 0.261 e. The highest BCUT2D eigenvalue weighted by Gasteiger charge is 2.18. The van der Waals surface area contributed by atoms with Gasteiger partial charge in [-0.25, -0.2) is 0 Å². The van der Waals surface area contributed by atoms with Crippen molar-refractivity contribution in [1.29, 1.82) is 0 Å².